The van der Waals surface area contributed by atoms with Crippen molar-refractivity contribution in [2.45, 2.75) is 33.2 Å². The number of aliphatic hydroxyl groups excluding tert-OH is 1. The van der Waals surface area contributed by atoms with Crippen molar-refractivity contribution in [2.24, 2.45) is 5.92 Å². The Morgan fingerprint density at radius 2 is 1.85 bits per heavy atom. The number of nitrogens with one attached hydrogen (secondary N) is 2. The molecule has 0 fully saturated rings. The van der Waals surface area contributed by atoms with Crippen molar-refractivity contribution in [3.63, 3.8) is 0 Å². The number of nitrogens with zero attached hydrogens (tertiary/aromatic N) is 2. The SMILES string of the molecule is Cc1cc(Nc2cc(-c3cccc(OC(F)(F)F)c3)nc(N[C@@H](CO)C(C)C)n2)ccc1Br. The number of aliphatic hydroxyl groups is 1. The predicted molar refractivity (Wildman–Crippen MR) is 126 cm³/mol. The number of benzene rings is 2. The van der Waals surface area contributed by atoms with Crippen LogP contribution in [0.25, 0.3) is 11.3 Å². The topological polar surface area (TPSA) is 79.3 Å². The van der Waals surface area contributed by atoms with Crippen LogP contribution in [-0.4, -0.2) is 34.1 Å². The second kappa shape index (κ2) is 10.4. The summed E-state index contributed by atoms with van der Waals surface area (Å²) in [5.74, 6) is 0.420. The minimum atomic E-state index is -4.80. The molecule has 0 aliphatic carbocycles. The van der Waals surface area contributed by atoms with Crippen LogP contribution in [0.3, 0.4) is 0 Å². The number of aryl methyl sites for hydroxylation is 1. The van der Waals surface area contributed by atoms with Crippen LogP contribution in [-0.2, 0) is 0 Å². The molecule has 0 aliphatic rings. The molecule has 176 valence electrons. The van der Waals surface area contributed by atoms with Gasteiger partial charge in [-0.05, 0) is 48.7 Å². The highest BCUT2D eigenvalue weighted by Gasteiger charge is 2.31. The molecule has 0 aliphatic heterocycles. The van der Waals surface area contributed by atoms with E-state index in [0.717, 1.165) is 15.7 Å². The molecule has 3 aromatic rings. The summed E-state index contributed by atoms with van der Waals surface area (Å²) in [5, 5.41) is 16.0. The Morgan fingerprint density at radius 3 is 2.48 bits per heavy atom. The number of hydrogen-bond donors (Lipinski definition) is 3. The summed E-state index contributed by atoms with van der Waals surface area (Å²) in [6, 6.07) is 12.6. The van der Waals surface area contributed by atoms with E-state index >= 15 is 0 Å². The van der Waals surface area contributed by atoms with Gasteiger partial charge in [-0.2, -0.15) is 4.98 Å². The molecule has 2 aromatic carbocycles. The molecular formula is C23H24BrF3N4O2. The fraction of sp³-hybridized carbons (Fsp3) is 0.304. The van der Waals surface area contributed by atoms with E-state index in [9.17, 15) is 18.3 Å². The van der Waals surface area contributed by atoms with Gasteiger partial charge in [0, 0.05) is 21.8 Å². The van der Waals surface area contributed by atoms with Crippen molar-refractivity contribution in [1.29, 1.82) is 0 Å². The maximum atomic E-state index is 12.7. The summed E-state index contributed by atoms with van der Waals surface area (Å²) in [4.78, 5) is 8.96. The van der Waals surface area contributed by atoms with Crippen molar-refractivity contribution in [1.82, 2.24) is 9.97 Å². The van der Waals surface area contributed by atoms with Gasteiger partial charge in [-0.25, -0.2) is 4.98 Å². The van der Waals surface area contributed by atoms with Crippen LogP contribution in [0.5, 0.6) is 5.75 Å². The van der Waals surface area contributed by atoms with E-state index in [1.54, 1.807) is 12.1 Å². The van der Waals surface area contributed by atoms with Crippen molar-refractivity contribution >= 4 is 33.4 Å². The molecule has 0 saturated carbocycles. The average Bonchev–Trinajstić information content (AvgIpc) is 2.73. The number of ether oxygens (including phenoxy) is 1. The highest BCUT2D eigenvalue weighted by atomic mass is 79.9. The molecule has 0 radical (unpaired) electrons. The summed E-state index contributed by atoms with van der Waals surface area (Å²) >= 11 is 3.47. The van der Waals surface area contributed by atoms with Crippen molar-refractivity contribution in [2.75, 3.05) is 17.2 Å². The summed E-state index contributed by atoms with van der Waals surface area (Å²) < 4.78 is 43.0. The largest absolute Gasteiger partial charge is 0.573 e. The normalized spacial score (nSPS) is 12.5. The summed E-state index contributed by atoms with van der Waals surface area (Å²) in [7, 11) is 0. The Kier molecular flexibility index (Phi) is 7.80. The van der Waals surface area contributed by atoms with E-state index in [2.05, 4.69) is 41.3 Å². The van der Waals surface area contributed by atoms with Crippen LogP contribution >= 0.6 is 15.9 Å². The quantitative estimate of drug-likeness (QED) is 0.321. The van der Waals surface area contributed by atoms with E-state index in [0.29, 0.717) is 17.1 Å². The second-order valence-corrected chi connectivity index (χ2v) is 8.66. The summed E-state index contributed by atoms with van der Waals surface area (Å²) in [6.45, 7) is 5.71. The lowest BCUT2D eigenvalue weighted by Gasteiger charge is -2.21. The van der Waals surface area contributed by atoms with Gasteiger partial charge in [0.25, 0.3) is 0 Å². The van der Waals surface area contributed by atoms with Gasteiger partial charge < -0.3 is 20.5 Å². The lowest BCUT2D eigenvalue weighted by molar-refractivity contribution is -0.274. The molecule has 1 atom stereocenters. The third kappa shape index (κ3) is 7.06. The van der Waals surface area contributed by atoms with Gasteiger partial charge in [-0.1, -0.05) is 41.9 Å². The molecular weight excluding hydrogens is 501 g/mol. The maximum absolute atomic E-state index is 12.7. The number of alkyl halides is 3. The van der Waals surface area contributed by atoms with Crippen molar-refractivity contribution < 1.29 is 23.0 Å². The van der Waals surface area contributed by atoms with Gasteiger partial charge in [0.05, 0.1) is 18.3 Å². The first-order valence-corrected chi connectivity index (χ1v) is 11.0. The average molecular weight is 525 g/mol. The minimum absolute atomic E-state index is 0.0938. The van der Waals surface area contributed by atoms with Gasteiger partial charge in [0.1, 0.15) is 11.6 Å². The second-order valence-electron chi connectivity index (χ2n) is 7.80. The first-order chi connectivity index (χ1) is 15.5. The van der Waals surface area contributed by atoms with Crippen molar-refractivity contribution in [3.05, 3.63) is 58.6 Å². The molecule has 0 spiro atoms. The molecule has 0 amide bonds. The molecule has 0 bridgehead atoms. The Labute approximate surface area is 198 Å². The lowest BCUT2D eigenvalue weighted by Crippen LogP contribution is -2.30. The molecule has 3 rings (SSSR count). The van der Waals surface area contributed by atoms with Crippen LogP contribution in [0.15, 0.2) is 53.0 Å². The first kappa shape index (κ1) is 24.8. The van der Waals surface area contributed by atoms with Crippen LogP contribution in [0.4, 0.5) is 30.6 Å². The molecule has 6 nitrogen and oxygen atoms in total. The van der Waals surface area contributed by atoms with Crippen LogP contribution in [0, 0.1) is 12.8 Å². The zero-order chi connectivity index (χ0) is 24.2. The molecule has 0 unspecified atom stereocenters. The Morgan fingerprint density at radius 1 is 1.09 bits per heavy atom. The van der Waals surface area contributed by atoms with E-state index in [1.807, 2.05) is 39.0 Å². The highest BCUT2D eigenvalue weighted by molar-refractivity contribution is 9.10. The number of aromatic nitrogens is 2. The molecule has 1 heterocycles. The van der Waals surface area contributed by atoms with Gasteiger partial charge in [-0.3, -0.25) is 0 Å². The van der Waals surface area contributed by atoms with Crippen LogP contribution in [0.1, 0.15) is 19.4 Å². The van der Waals surface area contributed by atoms with E-state index in [-0.39, 0.29) is 30.3 Å². The lowest BCUT2D eigenvalue weighted by atomic mass is 10.1. The van der Waals surface area contributed by atoms with Crippen LogP contribution in [0.2, 0.25) is 0 Å². The molecule has 33 heavy (non-hydrogen) atoms. The Hall–Kier alpha value is -2.85. The number of anilines is 3. The van der Waals surface area contributed by atoms with Gasteiger partial charge >= 0.3 is 6.36 Å². The fourth-order valence-electron chi connectivity index (χ4n) is 3.04. The number of halogens is 4. The van der Waals surface area contributed by atoms with E-state index < -0.39 is 6.36 Å². The zero-order valence-electron chi connectivity index (χ0n) is 18.2. The monoisotopic (exact) mass is 524 g/mol. The first-order valence-electron chi connectivity index (χ1n) is 10.2. The van der Waals surface area contributed by atoms with E-state index in [4.69, 9.17) is 0 Å². The van der Waals surface area contributed by atoms with E-state index in [1.165, 1.54) is 18.2 Å². The number of rotatable bonds is 8. The summed E-state index contributed by atoms with van der Waals surface area (Å²) in [6.07, 6.45) is -4.80. The van der Waals surface area contributed by atoms with Crippen LogP contribution < -0.4 is 15.4 Å². The fourth-order valence-corrected chi connectivity index (χ4v) is 3.28. The molecule has 1 aromatic heterocycles. The zero-order valence-corrected chi connectivity index (χ0v) is 19.8. The number of hydrogen-bond acceptors (Lipinski definition) is 6. The smallest absolute Gasteiger partial charge is 0.406 e. The standard InChI is InChI=1S/C23H24BrF3N4O2/c1-13(2)20(12-32)30-22-29-19(15-5-4-6-17(10-15)33-23(25,26)27)11-21(31-22)28-16-7-8-18(24)14(3)9-16/h4-11,13,20,32H,12H2,1-3H3,(H2,28,29,30,31)/t20-/m0/s1. The molecule has 10 heteroatoms. The molecule has 3 N–H and O–H groups in total. The van der Waals surface area contributed by atoms with Gasteiger partial charge in [0.2, 0.25) is 5.95 Å². The Balaban J connectivity index is 2.01. The maximum Gasteiger partial charge on any atom is 0.573 e. The predicted octanol–water partition coefficient (Wildman–Crippen LogP) is 6.29. The third-order valence-corrected chi connectivity index (χ3v) is 5.73. The van der Waals surface area contributed by atoms with Gasteiger partial charge in [0.15, 0.2) is 0 Å². The Bertz CT molecular complexity index is 1110. The third-order valence-electron chi connectivity index (χ3n) is 4.84. The van der Waals surface area contributed by atoms with Gasteiger partial charge in [-0.15, -0.1) is 13.2 Å². The van der Waals surface area contributed by atoms with Crippen molar-refractivity contribution in [3.8, 4) is 17.0 Å². The highest BCUT2D eigenvalue weighted by Crippen LogP contribution is 2.30. The molecule has 0 saturated heterocycles. The minimum Gasteiger partial charge on any atom is -0.406 e. The summed E-state index contributed by atoms with van der Waals surface area (Å²) in [5.41, 5.74) is 2.60.